The van der Waals surface area contributed by atoms with Gasteiger partial charge in [0.1, 0.15) is 0 Å². The maximum absolute atomic E-state index is 11.7. The van der Waals surface area contributed by atoms with E-state index in [0.717, 1.165) is 38.2 Å². The Labute approximate surface area is 126 Å². The van der Waals surface area contributed by atoms with Gasteiger partial charge in [0.05, 0.1) is 6.20 Å². The van der Waals surface area contributed by atoms with Gasteiger partial charge in [-0.2, -0.15) is 0 Å². The average molecular weight is 293 g/mol. The predicted molar refractivity (Wildman–Crippen MR) is 84.7 cm³/mol. The first-order valence-electron chi connectivity index (χ1n) is 7.71. The third-order valence-corrected chi connectivity index (χ3v) is 4.42. The van der Waals surface area contributed by atoms with Gasteiger partial charge in [0.2, 0.25) is 5.43 Å². The van der Waals surface area contributed by atoms with E-state index in [9.17, 15) is 9.90 Å². The topological polar surface area (TPSA) is 48.7 Å². The summed E-state index contributed by atoms with van der Waals surface area (Å²) in [5.41, 5.74) is 0.674. The molecule has 1 saturated heterocycles. The molecule has 0 saturated carbocycles. The van der Waals surface area contributed by atoms with E-state index >= 15 is 0 Å². The molecule has 2 rings (SSSR count). The summed E-state index contributed by atoms with van der Waals surface area (Å²) in [6.07, 6.45) is 3.89. The number of hydrogen-bond acceptors (Lipinski definition) is 4. The summed E-state index contributed by atoms with van der Waals surface area (Å²) < 4.78 is 1.99. The molecule has 0 aliphatic carbocycles. The van der Waals surface area contributed by atoms with Gasteiger partial charge in [0.25, 0.3) is 0 Å². The first-order valence-corrected chi connectivity index (χ1v) is 7.71. The number of aromatic nitrogens is 1. The number of pyridine rings is 1. The van der Waals surface area contributed by atoms with E-state index in [1.165, 1.54) is 0 Å². The Morgan fingerprint density at radius 2 is 2.00 bits per heavy atom. The quantitative estimate of drug-likeness (QED) is 0.917. The second-order valence-corrected chi connectivity index (χ2v) is 6.46. The summed E-state index contributed by atoms with van der Waals surface area (Å²) >= 11 is 0. The largest absolute Gasteiger partial charge is 0.503 e. The molecule has 0 amide bonds. The van der Waals surface area contributed by atoms with E-state index in [4.69, 9.17) is 0 Å². The summed E-state index contributed by atoms with van der Waals surface area (Å²) in [6, 6.07) is 2.35. The SMILES string of the molecule is CC(C)n1cc(O)c(=O)cc1CN(C)C1CCN(C)CC1. The van der Waals surface area contributed by atoms with Gasteiger partial charge >= 0.3 is 0 Å². The summed E-state index contributed by atoms with van der Waals surface area (Å²) in [5, 5.41) is 9.63. The van der Waals surface area contributed by atoms with E-state index < -0.39 is 0 Å². The van der Waals surface area contributed by atoms with Crippen LogP contribution < -0.4 is 5.43 Å². The van der Waals surface area contributed by atoms with Gasteiger partial charge in [0, 0.05) is 30.4 Å². The molecule has 5 heteroatoms. The molecular formula is C16H27N3O2. The number of likely N-dealkylation sites (tertiary alicyclic amines) is 1. The van der Waals surface area contributed by atoms with Gasteiger partial charge in [0.15, 0.2) is 5.75 Å². The van der Waals surface area contributed by atoms with Crippen molar-refractivity contribution in [1.82, 2.24) is 14.4 Å². The van der Waals surface area contributed by atoms with Crippen LogP contribution in [0, 0.1) is 0 Å². The maximum Gasteiger partial charge on any atom is 0.223 e. The van der Waals surface area contributed by atoms with E-state index in [2.05, 4.69) is 37.7 Å². The highest BCUT2D eigenvalue weighted by Crippen LogP contribution is 2.19. The van der Waals surface area contributed by atoms with Crippen molar-refractivity contribution in [3.05, 3.63) is 28.2 Å². The molecule has 1 aliphatic heterocycles. The van der Waals surface area contributed by atoms with E-state index in [0.29, 0.717) is 6.04 Å². The van der Waals surface area contributed by atoms with Gasteiger partial charge in [-0.05, 0) is 53.9 Å². The fourth-order valence-corrected chi connectivity index (χ4v) is 3.01. The van der Waals surface area contributed by atoms with Crippen LogP contribution in [0.3, 0.4) is 0 Å². The molecule has 1 N–H and O–H groups in total. The molecule has 1 aliphatic rings. The first kappa shape index (κ1) is 16.0. The fraction of sp³-hybridized carbons (Fsp3) is 0.688. The Morgan fingerprint density at radius 1 is 1.38 bits per heavy atom. The van der Waals surface area contributed by atoms with Gasteiger partial charge in [-0.25, -0.2) is 0 Å². The van der Waals surface area contributed by atoms with Crippen LogP contribution in [0.15, 0.2) is 17.1 Å². The third kappa shape index (κ3) is 3.86. The molecule has 2 heterocycles. The molecule has 0 aromatic carbocycles. The zero-order chi connectivity index (χ0) is 15.6. The van der Waals surface area contributed by atoms with Crippen LogP contribution in [0.25, 0.3) is 0 Å². The molecule has 1 fully saturated rings. The minimum absolute atomic E-state index is 0.172. The predicted octanol–water partition coefficient (Wildman–Crippen LogP) is 1.66. The molecule has 0 atom stereocenters. The minimum atomic E-state index is -0.293. The van der Waals surface area contributed by atoms with Gasteiger partial charge in [-0.15, -0.1) is 0 Å². The minimum Gasteiger partial charge on any atom is -0.503 e. The molecule has 21 heavy (non-hydrogen) atoms. The highest BCUT2D eigenvalue weighted by atomic mass is 16.3. The van der Waals surface area contributed by atoms with Crippen LogP contribution in [0.2, 0.25) is 0 Å². The summed E-state index contributed by atoms with van der Waals surface area (Å²) in [7, 11) is 4.28. The number of piperidine rings is 1. The average Bonchev–Trinajstić information content (AvgIpc) is 2.43. The Balaban J connectivity index is 2.15. The second-order valence-electron chi connectivity index (χ2n) is 6.46. The van der Waals surface area contributed by atoms with Crippen molar-refractivity contribution in [2.24, 2.45) is 0 Å². The van der Waals surface area contributed by atoms with E-state index in [1.807, 2.05) is 4.57 Å². The summed E-state index contributed by atoms with van der Waals surface area (Å²) in [6.45, 7) is 7.11. The van der Waals surface area contributed by atoms with Crippen molar-refractivity contribution in [1.29, 1.82) is 0 Å². The van der Waals surface area contributed by atoms with Crippen LogP contribution in [0.1, 0.15) is 38.4 Å². The van der Waals surface area contributed by atoms with Crippen LogP contribution in [-0.2, 0) is 6.54 Å². The smallest absolute Gasteiger partial charge is 0.223 e. The van der Waals surface area contributed by atoms with Crippen molar-refractivity contribution in [3.63, 3.8) is 0 Å². The van der Waals surface area contributed by atoms with Gasteiger partial charge in [-0.3, -0.25) is 9.69 Å². The molecule has 0 radical (unpaired) electrons. The molecule has 118 valence electrons. The molecule has 1 aromatic heterocycles. The zero-order valence-electron chi connectivity index (χ0n) is 13.5. The van der Waals surface area contributed by atoms with Crippen LogP contribution in [0.5, 0.6) is 5.75 Å². The summed E-state index contributed by atoms with van der Waals surface area (Å²) in [4.78, 5) is 16.4. The van der Waals surface area contributed by atoms with Crippen molar-refractivity contribution in [2.45, 2.75) is 45.3 Å². The van der Waals surface area contributed by atoms with Crippen LogP contribution >= 0.6 is 0 Å². The third-order valence-electron chi connectivity index (χ3n) is 4.42. The number of rotatable bonds is 4. The Kier molecular flexibility index (Phi) is 5.06. The van der Waals surface area contributed by atoms with Gasteiger partial charge in [-0.1, -0.05) is 0 Å². The Hall–Kier alpha value is -1.33. The van der Waals surface area contributed by atoms with Gasteiger partial charge < -0.3 is 14.6 Å². The lowest BCUT2D eigenvalue weighted by Crippen LogP contribution is -2.42. The monoisotopic (exact) mass is 293 g/mol. The molecule has 5 nitrogen and oxygen atoms in total. The Morgan fingerprint density at radius 3 is 2.57 bits per heavy atom. The Bertz CT molecular complexity index is 531. The molecule has 0 bridgehead atoms. The second kappa shape index (κ2) is 6.62. The maximum atomic E-state index is 11.7. The van der Waals surface area contributed by atoms with Crippen LogP contribution in [-0.4, -0.2) is 52.7 Å². The first-order chi connectivity index (χ1) is 9.88. The normalized spacial score (nSPS) is 17.8. The highest BCUT2D eigenvalue weighted by Gasteiger charge is 2.21. The number of aromatic hydroxyl groups is 1. The molecule has 0 unspecified atom stereocenters. The summed E-state index contributed by atoms with van der Waals surface area (Å²) in [5.74, 6) is -0.172. The lowest BCUT2D eigenvalue weighted by atomic mass is 10.0. The lowest BCUT2D eigenvalue weighted by Gasteiger charge is -2.35. The standard InChI is InChI=1S/C16H27N3O2/c1-12(2)19-11-16(21)15(20)9-14(19)10-18(4)13-5-7-17(3)8-6-13/h9,11-13,21H,5-8,10H2,1-4H3. The zero-order valence-corrected chi connectivity index (χ0v) is 13.5. The van der Waals surface area contributed by atoms with E-state index in [1.54, 1.807) is 12.3 Å². The molecule has 0 spiro atoms. The van der Waals surface area contributed by atoms with Crippen molar-refractivity contribution >= 4 is 0 Å². The number of nitrogens with zero attached hydrogens (tertiary/aromatic N) is 3. The van der Waals surface area contributed by atoms with Crippen molar-refractivity contribution < 1.29 is 5.11 Å². The lowest BCUT2D eigenvalue weighted by molar-refractivity contribution is 0.136. The fourth-order valence-electron chi connectivity index (χ4n) is 3.01. The van der Waals surface area contributed by atoms with Crippen molar-refractivity contribution in [2.75, 3.05) is 27.2 Å². The van der Waals surface area contributed by atoms with Crippen molar-refractivity contribution in [3.8, 4) is 5.75 Å². The molecular weight excluding hydrogens is 266 g/mol. The molecule has 1 aromatic rings. The number of hydrogen-bond donors (Lipinski definition) is 1. The van der Waals surface area contributed by atoms with E-state index in [-0.39, 0.29) is 17.2 Å². The van der Waals surface area contributed by atoms with Crippen LogP contribution in [0.4, 0.5) is 0 Å². The highest BCUT2D eigenvalue weighted by molar-refractivity contribution is 5.21.